The Balaban J connectivity index is 1.93. The van der Waals surface area contributed by atoms with Gasteiger partial charge in [-0.25, -0.2) is 0 Å². The highest BCUT2D eigenvalue weighted by atomic mass is 16.5. The van der Waals surface area contributed by atoms with Crippen molar-refractivity contribution in [3.63, 3.8) is 0 Å². The number of hydrogen-bond donors (Lipinski definition) is 1. The maximum Gasteiger partial charge on any atom is 0.244 e. The van der Waals surface area contributed by atoms with Gasteiger partial charge in [0.25, 0.3) is 0 Å². The first-order valence-electron chi connectivity index (χ1n) is 9.11. The summed E-state index contributed by atoms with van der Waals surface area (Å²) in [6, 6.07) is 16.0. The van der Waals surface area contributed by atoms with Gasteiger partial charge < -0.3 is 10.1 Å². The fraction of sp³-hybridized carbons (Fsp3) is 0.348. The van der Waals surface area contributed by atoms with Crippen molar-refractivity contribution in [2.45, 2.75) is 46.1 Å². The van der Waals surface area contributed by atoms with Crippen molar-refractivity contribution in [1.82, 2.24) is 5.32 Å². The number of carbonyl (C=O) groups excluding carboxylic acids is 1. The van der Waals surface area contributed by atoms with Crippen LogP contribution >= 0.6 is 0 Å². The lowest BCUT2D eigenvalue weighted by Crippen LogP contribution is -2.24. The van der Waals surface area contributed by atoms with Gasteiger partial charge in [-0.3, -0.25) is 4.79 Å². The van der Waals surface area contributed by atoms with Crippen molar-refractivity contribution in [2.75, 3.05) is 6.61 Å². The molecule has 0 aliphatic carbocycles. The Bertz CT molecular complexity index is 737. The van der Waals surface area contributed by atoms with Crippen LogP contribution in [-0.2, 0) is 10.2 Å². The van der Waals surface area contributed by atoms with E-state index >= 15 is 0 Å². The van der Waals surface area contributed by atoms with E-state index in [1.165, 1.54) is 5.56 Å². The number of rotatable bonds is 6. The lowest BCUT2D eigenvalue weighted by molar-refractivity contribution is -0.117. The molecule has 1 N–H and O–H groups in total. The standard InChI is InChI=1S/C23H29NO2/c1-6-26-21-14-10-19(11-15-21)17(2)24-22(25)16-9-18-7-12-20(13-8-18)23(3,4)5/h7-17H,6H2,1-5H3,(H,24,25)/b16-9+/t17-/m1/s1. The molecule has 0 aliphatic heterocycles. The highest BCUT2D eigenvalue weighted by Gasteiger charge is 2.12. The molecule has 0 saturated carbocycles. The molecule has 2 aromatic rings. The number of ether oxygens (including phenoxy) is 1. The molecule has 2 aromatic carbocycles. The molecule has 0 heterocycles. The Morgan fingerprint density at radius 2 is 1.69 bits per heavy atom. The minimum atomic E-state index is -0.105. The average molecular weight is 351 g/mol. The van der Waals surface area contributed by atoms with Crippen LogP contribution in [0.15, 0.2) is 54.6 Å². The van der Waals surface area contributed by atoms with E-state index in [1.807, 2.05) is 56.3 Å². The second-order valence-electron chi connectivity index (χ2n) is 7.44. The highest BCUT2D eigenvalue weighted by molar-refractivity contribution is 5.91. The summed E-state index contributed by atoms with van der Waals surface area (Å²) in [4.78, 5) is 12.2. The van der Waals surface area contributed by atoms with Crippen LogP contribution in [-0.4, -0.2) is 12.5 Å². The zero-order valence-electron chi connectivity index (χ0n) is 16.4. The minimum Gasteiger partial charge on any atom is -0.494 e. The van der Waals surface area contributed by atoms with Gasteiger partial charge in [0, 0.05) is 6.08 Å². The van der Waals surface area contributed by atoms with Crippen molar-refractivity contribution in [1.29, 1.82) is 0 Å². The third-order valence-electron chi connectivity index (χ3n) is 4.25. The number of nitrogens with one attached hydrogen (secondary N) is 1. The van der Waals surface area contributed by atoms with Crippen LogP contribution in [0.3, 0.4) is 0 Å². The second-order valence-corrected chi connectivity index (χ2v) is 7.44. The molecule has 0 spiro atoms. The highest BCUT2D eigenvalue weighted by Crippen LogP contribution is 2.22. The summed E-state index contributed by atoms with van der Waals surface area (Å²) in [5, 5.41) is 2.99. The van der Waals surface area contributed by atoms with Crippen molar-refractivity contribution >= 4 is 12.0 Å². The lowest BCUT2D eigenvalue weighted by atomic mass is 9.87. The summed E-state index contributed by atoms with van der Waals surface area (Å²) in [5.74, 6) is 0.736. The Hall–Kier alpha value is -2.55. The largest absolute Gasteiger partial charge is 0.494 e. The molecule has 0 aliphatic rings. The summed E-state index contributed by atoms with van der Waals surface area (Å²) < 4.78 is 5.44. The Kier molecular flexibility index (Phi) is 6.62. The van der Waals surface area contributed by atoms with Gasteiger partial charge in [-0.15, -0.1) is 0 Å². The molecule has 0 bridgehead atoms. The molecule has 0 radical (unpaired) electrons. The van der Waals surface area contributed by atoms with E-state index in [1.54, 1.807) is 6.08 Å². The number of amides is 1. The van der Waals surface area contributed by atoms with E-state index in [0.717, 1.165) is 16.9 Å². The second kappa shape index (κ2) is 8.70. The predicted octanol–water partition coefficient (Wildman–Crippen LogP) is 5.27. The molecule has 1 amide bonds. The third kappa shape index (κ3) is 5.76. The Labute approximate surface area is 157 Å². The van der Waals surface area contributed by atoms with Crippen LogP contribution in [0.4, 0.5) is 0 Å². The number of carbonyl (C=O) groups is 1. The molecule has 0 saturated heterocycles. The lowest BCUT2D eigenvalue weighted by Gasteiger charge is -2.18. The van der Waals surface area contributed by atoms with Crippen LogP contribution in [0.25, 0.3) is 6.08 Å². The van der Waals surface area contributed by atoms with Crippen LogP contribution in [0, 0.1) is 0 Å². The van der Waals surface area contributed by atoms with Crippen LogP contribution in [0.2, 0.25) is 0 Å². The van der Waals surface area contributed by atoms with Gasteiger partial charge in [-0.05, 0) is 54.2 Å². The molecule has 0 unspecified atom stereocenters. The average Bonchev–Trinajstić information content (AvgIpc) is 2.60. The van der Waals surface area contributed by atoms with Crippen molar-refractivity contribution < 1.29 is 9.53 Å². The van der Waals surface area contributed by atoms with Gasteiger partial charge in [0.2, 0.25) is 5.91 Å². The summed E-state index contributed by atoms with van der Waals surface area (Å²) in [6.07, 6.45) is 3.42. The van der Waals surface area contributed by atoms with E-state index in [9.17, 15) is 4.79 Å². The summed E-state index contributed by atoms with van der Waals surface area (Å²) >= 11 is 0. The molecule has 0 fully saturated rings. The summed E-state index contributed by atoms with van der Waals surface area (Å²) in [6.45, 7) is 11.1. The molecule has 3 heteroatoms. The van der Waals surface area contributed by atoms with Crippen LogP contribution < -0.4 is 10.1 Å². The van der Waals surface area contributed by atoms with Gasteiger partial charge in [-0.1, -0.05) is 57.2 Å². The van der Waals surface area contributed by atoms with Crippen LogP contribution in [0.1, 0.15) is 57.4 Å². The first kappa shape index (κ1) is 19.8. The molecule has 1 atom stereocenters. The predicted molar refractivity (Wildman–Crippen MR) is 108 cm³/mol. The molecular weight excluding hydrogens is 322 g/mol. The maximum absolute atomic E-state index is 12.2. The SMILES string of the molecule is CCOc1ccc([C@@H](C)NC(=O)/C=C/c2ccc(C(C)(C)C)cc2)cc1. The normalized spacial score (nSPS) is 12.8. The first-order chi connectivity index (χ1) is 12.3. The van der Waals surface area contributed by atoms with E-state index in [-0.39, 0.29) is 17.4 Å². The molecule has 26 heavy (non-hydrogen) atoms. The zero-order chi connectivity index (χ0) is 19.2. The number of benzene rings is 2. The first-order valence-corrected chi connectivity index (χ1v) is 9.11. The molecule has 0 aromatic heterocycles. The Morgan fingerprint density at radius 3 is 2.23 bits per heavy atom. The van der Waals surface area contributed by atoms with Gasteiger partial charge in [0.05, 0.1) is 12.6 Å². The van der Waals surface area contributed by atoms with Crippen molar-refractivity contribution in [3.05, 3.63) is 71.3 Å². The fourth-order valence-electron chi connectivity index (χ4n) is 2.63. The van der Waals surface area contributed by atoms with E-state index in [0.29, 0.717) is 6.61 Å². The van der Waals surface area contributed by atoms with E-state index in [4.69, 9.17) is 4.74 Å². The van der Waals surface area contributed by atoms with Gasteiger partial charge in [-0.2, -0.15) is 0 Å². The summed E-state index contributed by atoms with van der Waals surface area (Å²) in [5.41, 5.74) is 3.47. The van der Waals surface area contributed by atoms with Gasteiger partial charge >= 0.3 is 0 Å². The topological polar surface area (TPSA) is 38.3 Å². The van der Waals surface area contributed by atoms with E-state index < -0.39 is 0 Å². The van der Waals surface area contributed by atoms with Gasteiger partial charge in [0.15, 0.2) is 0 Å². The fourth-order valence-corrected chi connectivity index (χ4v) is 2.63. The smallest absolute Gasteiger partial charge is 0.244 e. The van der Waals surface area contributed by atoms with Gasteiger partial charge in [0.1, 0.15) is 5.75 Å². The molecule has 3 nitrogen and oxygen atoms in total. The van der Waals surface area contributed by atoms with Crippen molar-refractivity contribution in [3.8, 4) is 5.75 Å². The number of hydrogen-bond acceptors (Lipinski definition) is 2. The molecule has 138 valence electrons. The third-order valence-corrected chi connectivity index (χ3v) is 4.25. The zero-order valence-corrected chi connectivity index (χ0v) is 16.4. The maximum atomic E-state index is 12.2. The minimum absolute atomic E-state index is 0.0638. The van der Waals surface area contributed by atoms with E-state index in [2.05, 4.69) is 38.2 Å². The molecule has 2 rings (SSSR count). The quantitative estimate of drug-likeness (QED) is 0.720. The Morgan fingerprint density at radius 1 is 1.08 bits per heavy atom. The van der Waals surface area contributed by atoms with Crippen molar-refractivity contribution in [2.24, 2.45) is 0 Å². The monoisotopic (exact) mass is 351 g/mol. The molecular formula is C23H29NO2. The van der Waals surface area contributed by atoms with Crippen LogP contribution in [0.5, 0.6) is 5.75 Å². The summed E-state index contributed by atoms with van der Waals surface area (Å²) in [7, 11) is 0.